The third-order valence-corrected chi connectivity index (χ3v) is 3.24. The van der Waals surface area contributed by atoms with E-state index in [1.54, 1.807) is 20.8 Å². The Labute approximate surface area is 164 Å². The van der Waals surface area contributed by atoms with E-state index in [4.69, 9.17) is 10.3 Å². The molecule has 2 N–H and O–H groups in total. The SMILES string of the molecule is C=C/C(C)=C(/F)C=C.CC.CC(C)=C(N)c1nc(-c2c(F)cccc2F)no1. The van der Waals surface area contributed by atoms with Crippen LogP contribution in [-0.4, -0.2) is 10.1 Å². The first-order chi connectivity index (χ1) is 13.2. The van der Waals surface area contributed by atoms with Gasteiger partial charge < -0.3 is 10.3 Å². The van der Waals surface area contributed by atoms with Gasteiger partial charge in [-0.1, -0.05) is 44.3 Å². The first-order valence-corrected chi connectivity index (χ1v) is 8.55. The van der Waals surface area contributed by atoms with E-state index in [2.05, 4.69) is 23.3 Å². The van der Waals surface area contributed by atoms with Crippen molar-refractivity contribution in [2.24, 2.45) is 5.73 Å². The molecule has 0 atom stereocenters. The molecule has 0 saturated heterocycles. The standard InChI is InChI=1S/C12H11F2N3O.C7H9F.C2H6/c1-6(2)10(15)12-16-11(17-18-12)9-7(13)4-3-5-8(9)14;1-4-6(3)7(8)5-2;1-2/h3-5H,15H2,1-2H3;4-5H,1-2H2,3H3;1-2H3/b;7-6+;. The lowest BCUT2D eigenvalue weighted by atomic mass is 10.2. The fraction of sp³-hybridized carbons (Fsp3) is 0.238. The van der Waals surface area contributed by atoms with Crippen LogP contribution in [0.3, 0.4) is 0 Å². The summed E-state index contributed by atoms with van der Waals surface area (Å²) in [5, 5.41) is 3.53. The minimum absolute atomic E-state index is 0.0488. The van der Waals surface area contributed by atoms with Crippen molar-refractivity contribution in [1.82, 2.24) is 10.1 Å². The Kier molecular flexibility index (Phi) is 11.0. The van der Waals surface area contributed by atoms with E-state index in [0.29, 0.717) is 11.3 Å². The van der Waals surface area contributed by atoms with E-state index in [9.17, 15) is 13.2 Å². The number of allylic oxidation sites excluding steroid dienone is 5. The predicted octanol–water partition coefficient (Wildman–Crippen LogP) is 6.35. The number of hydrogen-bond acceptors (Lipinski definition) is 4. The summed E-state index contributed by atoms with van der Waals surface area (Å²) in [5.41, 5.74) is 6.98. The summed E-state index contributed by atoms with van der Waals surface area (Å²) in [5.74, 6) is -1.92. The second-order valence-electron chi connectivity index (χ2n) is 5.37. The smallest absolute Gasteiger partial charge is 0.274 e. The molecule has 0 aliphatic rings. The van der Waals surface area contributed by atoms with Crippen LogP contribution in [0.4, 0.5) is 13.2 Å². The highest BCUT2D eigenvalue weighted by molar-refractivity contribution is 5.62. The Morgan fingerprint density at radius 1 is 1.07 bits per heavy atom. The predicted molar refractivity (Wildman–Crippen MR) is 108 cm³/mol. The average Bonchev–Trinajstić information content (AvgIpc) is 3.17. The van der Waals surface area contributed by atoms with Crippen molar-refractivity contribution in [3.63, 3.8) is 0 Å². The van der Waals surface area contributed by atoms with Crippen molar-refractivity contribution in [3.8, 4) is 11.4 Å². The van der Waals surface area contributed by atoms with Gasteiger partial charge in [0, 0.05) is 0 Å². The first-order valence-electron chi connectivity index (χ1n) is 8.55. The number of nitrogens with two attached hydrogens (primary N) is 1. The molecular weight excluding hydrogens is 367 g/mol. The van der Waals surface area contributed by atoms with E-state index in [1.165, 1.54) is 12.1 Å². The lowest BCUT2D eigenvalue weighted by molar-refractivity contribution is 0.406. The molecule has 7 heteroatoms. The van der Waals surface area contributed by atoms with Gasteiger partial charge in [0.2, 0.25) is 5.82 Å². The molecule has 4 nitrogen and oxygen atoms in total. The molecule has 0 amide bonds. The van der Waals surface area contributed by atoms with Crippen LogP contribution < -0.4 is 5.73 Å². The molecule has 1 aromatic heterocycles. The van der Waals surface area contributed by atoms with Gasteiger partial charge in [0.05, 0.1) is 11.3 Å². The van der Waals surface area contributed by atoms with E-state index in [-0.39, 0.29) is 23.1 Å². The number of nitrogens with zero attached hydrogens (tertiary/aromatic N) is 2. The average molecular weight is 393 g/mol. The third kappa shape index (κ3) is 6.90. The number of halogens is 3. The zero-order valence-corrected chi connectivity index (χ0v) is 16.8. The Morgan fingerprint density at radius 2 is 1.61 bits per heavy atom. The van der Waals surface area contributed by atoms with E-state index >= 15 is 0 Å². The van der Waals surface area contributed by atoms with Gasteiger partial charge >= 0.3 is 0 Å². The van der Waals surface area contributed by atoms with Crippen molar-refractivity contribution in [2.45, 2.75) is 34.6 Å². The summed E-state index contributed by atoms with van der Waals surface area (Å²) in [4.78, 5) is 3.88. The van der Waals surface area contributed by atoms with Gasteiger partial charge in [0.15, 0.2) is 0 Å². The normalized spacial score (nSPS) is 10.4. The number of hydrogen-bond donors (Lipinski definition) is 1. The Balaban J connectivity index is 0.000000618. The lowest BCUT2D eigenvalue weighted by Gasteiger charge is -1.98. The van der Waals surface area contributed by atoms with Crippen LogP contribution >= 0.6 is 0 Å². The molecule has 28 heavy (non-hydrogen) atoms. The van der Waals surface area contributed by atoms with Crippen molar-refractivity contribution in [1.29, 1.82) is 0 Å². The van der Waals surface area contributed by atoms with E-state index in [0.717, 1.165) is 23.8 Å². The molecule has 0 aliphatic carbocycles. The van der Waals surface area contributed by atoms with Crippen LogP contribution in [0.2, 0.25) is 0 Å². The van der Waals surface area contributed by atoms with Crippen molar-refractivity contribution in [2.75, 3.05) is 0 Å². The van der Waals surface area contributed by atoms with Crippen molar-refractivity contribution < 1.29 is 17.7 Å². The maximum absolute atomic E-state index is 13.5. The maximum atomic E-state index is 13.5. The fourth-order valence-electron chi connectivity index (χ4n) is 1.62. The van der Waals surface area contributed by atoms with E-state index < -0.39 is 11.6 Å². The largest absolute Gasteiger partial charge is 0.394 e. The zero-order valence-electron chi connectivity index (χ0n) is 16.8. The minimum atomic E-state index is -0.752. The van der Waals surface area contributed by atoms with Gasteiger partial charge in [-0.3, -0.25) is 0 Å². The molecular formula is C21H26F3N3O. The third-order valence-electron chi connectivity index (χ3n) is 3.24. The van der Waals surface area contributed by atoms with E-state index in [1.807, 2.05) is 13.8 Å². The van der Waals surface area contributed by atoms with Crippen LogP contribution in [0.15, 0.2) is 65.0 Å². The summed E-state index contributed by atoms with van der Waals surface area (Å²) in [6.07, 6.45) is 2.62. The summed E-state index contributed by atoms with van der Waals surface area (Å²) < 4.78 is 44.1. The second kappa shape index (κ2) is 12.3. The molecule has 2 aromatic rings. The van der Waals surface area contributed by atoms with Gasteiger partial charge in [0.25, 0.3) is 5.89 Å². The van der Waals surface area contributed by atoms with Gasteiger partial charge in [-0.15, -0.1) is 0 Å². The highest BCUT2D eigenvalue weighted by Gasteiger charge is 2.18. The van der Waals surface area contributed by atoms with Crippen LogP contribution in [0.5, 0.6) is 0 Å². The van der Waals surface area contributed by atoms with Gasteiger partial charge in [-0.2, -0.15) is 4.98 Å². The molecule has 2 rings (SSSR count). The molecule has 0 fully saturated rings. The molecule has 1 aromatic carbocycles. The maximum Gasteiger partial charge on any atom is 0.274 e. The summed E-state index contributed by atoms with van der Waals surface area (Å²) in [6, 6.07) is 3.51. The number of rotatable bonds is 4. The van der Waals surface area contributed by atoms with Gasteiger partial charge in [0.1, 0.15) is 17.5 Å². The molecule has 0 aliphatic heterocycles. The van der Waals surface area contributed by atoms with Crippen LogP contribution in [0, 0.1) is 11.6 Å². The molecule has 1 heterocycles. The quantitative estimate of drug-likeness (QED) is 0.615. The Bertz CT molecular complexity index is 827. The van der Waals surface area contributed by atoms with Gasteiger partial charge in [-0.25, -0.2) is 13.2 Å². The topological polar surface area (TPSA) is 64.9 Å². The second-order valence-corrected chi connectivity index (χ2v) is 5.37. The Hall–Kier alpha value is -3.09. The highest BCUT2D eigenvalue weighted by Crippen LogP contribution is 2.24. The van der Waals surface area contributed by atoms with Crippen molar-refractivity contribution in [3.05, 3.63) is 78.0 Å². The fourth-order valence-corrected chi connectivity index (χ4v) is 1.62. The number of aromatic nitrogens is 2. The highest BCUT2D eigenvalue weighted by atomic mass is 19.1. The number of benzene rings is 1. The first kappa shape index (κ1) is 24.9. The summed E-state index contributed by atoms with van der Waals surface area (Å²) in [7, 11) is 0. The molecule has 0 spiro atoms. The summed E-state index contributed by atoms with van der Waals surface area (Å²) >= 11 is 0. The lowest BCUT2D eigenvalue weighted by Crippen LogP contribution is -1.99. The zero-order chi connectivity index (χ0) is 21.9. The van der Waals surface area contributed by atoms with Crippen LogP contribution in [0.25, 0.3) is 17.1 Å². The Morgan fingerprint density at radius 3 is 2.00 bits per heavy atom. The summed E-state index contributed by atoms with van der Waals surface area (Å²) in [6.45, 7) is 15.8. The monoisotopic (exact) mass is 393 g/mol. The van der Waals surface area contributed by atoms with Crippen LogP contribution in [-0.2, 0) is 0 Å². The van der Waals surface area contributed by atoms with Crippen LogP contribution in [0.1, 0.15) is 40.5 Å². The molecule has 0 bridgehead atoms. The van der Waals surface area contributed by atoms with Gasteiger partial charge in [-0.05, 0) is 50.1 Å². The minimum Gasteiger partial charge on any atom is -0.394 e. The van der Waals surface area contributed by atoms with Crippen molar-refractivity contribution >= 4 is 5.70 Å². The molecule has 152 valence electrons. The molecule has 0 radical (unpaired) electrons. The molecule has 0 saturated carbocycles. The molecule has 0 unspecified atom stereocenters.